The number of nitrogens with one attached hydrogen (secondary N) is 1. The lowest BCUT2D eigenvalue weighted by Gasteiger charge is -2.07. The van der Waals surface area contributed by atoms with Gasteiger partial charge in [0.1, 0.15) is 18.1 Å². The van der Waals surface area contributed by atoms with Crippen LogP contribution in [0, 0.1) is 12.3 Å². The Balaban J connectivity index is 2.31. The van der Waals surface area contributed by atoms with Gasteiger partial charge in [-0.2, -0.15) is 10.3 Å². The van der Waals surface area contributed by atoms with E-state index in [-0.39, 0.29) is 18.9 Å². The zero-order valence-electron chi connectivity index (χ0n) is 11.2. The van der Waals surface area contributed by atoms with Crippen molar-refractivity contribution in [1.29, 1.82) is 0 Å². The van der Waals surface area contributed by atoms with E-state index in [0.29, 0.717) is 21.5 Å². The summed E-state index contributed by atoms with van der Waals surface area (Å²) in [5, 5.41) is 10.3. The lowest BCUT2D eigenvalue weighted by atomic mass is 10.1. The number of aromatic nitrogens is 3. The first kappa shape index (κ1) is 15.1. The minimum Gasteiger partial charge on any atom is -0.480 e. The van der Waals surface area contributed by atoms with Crippen molar-refractivity contribution in [1.82, 2.24) is 15.4 Å². The van der Waals surface area contributed by atoms with Crippen molar-refractivity contribution in [3.8, 4) is 29.4 Å². The Labute approximate surface area is 130 Å². The number of ether oxygens (including phenoxy) is 2. The van der Waals surface area contributed by atoms with E-state index in [4.69, 9.17) is 15.9 Å². The molecule has 0 aliphatic carbocycles. The number of hydrogen-bond donors (Lipinski definition) is 1. The predicted octanol–water partition coefficient (Wildman–Crippen LogP) is 2.42. The fourth-order valence-corrected chi connectivity index (χ4v) is 2.15. The van der Waals surface area contributed by atoms with Crippen LogP contribution in [0.2, 0.25) is 0 Å². The van der Waals surface area contributed by atoms with E-state index in [1.54, 1.807) is 25.1 Å². The second kappa shape index (κ2) is 6.90. The first-order valence-corrected chi connectivity index (χ1v) is 6.90. The summed E-state index contributed by atoms with van der Waals surface area (Å²) in [5.74, 6) is 2.48. The molecule has 0 atom stereocenters. The zero-order valence-corrected chi connectivity index (χ0v) is 12.8. The average molecular weight is 350 g/mol. The third-order valence-corrected chi connectivity index (χ3v) is 3.15. The largest absolute Gasteiger partial charge is 0.480 e. The van der Waals surface area contributed by atoms with Gasteiger partial charge in [0.2, 0.25) is 0 Å². The van der Waals surface area contributed by atoms with Gasteiger partial charge in [-0.15, -0.1) is 11.5 Å². The molecule has 6 nitrogen and oxygen atoms in total. The molecule has 0 fully saturated rings. The molecular formula is C14H12BrN3O3. The molecule has 0 aliphatic rings. The number of esters is 1. The van der Waals surface area contributed by atoms with Crippen LogP contribution in [-0.4, -0.2) is 34.6 Å². The smallest absolute Gasteiger partial charge is 0.361 e. The van der Waals surface area contributed by atoms with E-state index in [2.05, 4.69) is 37.3 Å². The van der Waals surface area contributed by atoms with Crippen LogP contribution in [0.5, 0.6) is 5.75 Å². The van der Waals surface area contributed by atoms with E-state index >= 15 is 0 Å². The summed E-state index contributed by atoms with van der Waals surface area (Å²) < 4.78 is 11.0. The summed E-state index contributed by atoms with van der Waals surface area (Å²) in [5.41, 5.74) is 1.26. The van der Waals surface area contributed by atoms with E-state index in [1.165, 1.54) is 0 Å². The number of carbonyl (C=O) groups is 1. The molecule has 0 spiro atoms. The van der Waals surface area contributed by atoms with Crippen molar-refractivity contribution in [2.24, 2.45) is 0 Å². The first-order valence-electron chi connectivity index (χ1n) is 6.11. The predicted molar refractivity (Wildman–Crippen MR) is 79.8 cm³/mol. The van der Waals surface area contributed by atoms with Gasteiger partial charge < -0.3 is 9.47 Å². The van der Waals surface area contributed by atoms with Gasteiger partial charge in [0.15, 0.2) is 5.69 Å². The van der Waals surface area contributed by atoms with Gasteiger partial charge in [-0.3, -0.25) is 0 Å². The fraction of sp³-hybridized carbons (Fsp3) is 0.214. The molecule has 0 amide bonds. The van der Waals surface area contributed by atoms with E-state index in [9.17, 15) is 4.79 Å². The second-order valence-corrected chi connectivity index (χ2v) is 4.73. The van der Waals surface area contributed by atoms with Gasteiger partial charge in [-0.25, -0.2) is 4.79 Å². The second-order valence-electron chi connectivity index (χ2n) is 3.88. The van der Waals surface area contributed by atoms with Crippen molar-refractivity contribution >= 4 is 21.9 Å². The molecule has 21 heavy (non-hydrogen) atoms. The van der Waals surface area contributed by atoms with Crippen LogP contribution in [0.4, 0.5) is 0 Å². The lowest BCUT2D eigenvalue weighted by molar-refractivity contribution is 0.0520. The van der Waals surface area contributed by atoms with Crippen LogP contribution in [0.1, 0.15) is 17.4 Å². The molecule has 0 saturated carbocycles. The molecule has 1 aromatic heterocycles. The first-order chi connectivity index (χ1) is 10.2. The molecule has 2 rings (SSSR count). The number of hydrogen-bond acceptors (Lipinski definition) is 5. The number of H-pyrrole nitrogens is 1. The maximum atomic E-state index is 11.8. The van der Waals surface area contributed by atoms with Crippen LogP contribution in [0.25, 0.3) is 11.3 Å². The number of aromatic amines is 1. The van der Waals surface area contributed by atoms with Crippen molar-refractivity contribution in [2.75, 3.05) is 13.2 Å². The fourth-order valence-electron chi connectivity index (χ4n) is 1.66. The highest BCUT2D eigenvalue weighted by atomic mass is 79.9. The standard InChI is InChI=1S/C14H12BrN3O3/c1-3-7-21-11-6-5-9(8-10(11)15)12-13(17-18-16-12)14(19)20-4-2/h1,5-6,8H,4,7H2,2H3,(H,16,17,18). The molecule has 1 heterocycles. The molecule has 7 heteroatoms. The maximum Gasteiger partial charge on any atom is 0.361 e. The van der Waals surface area contributed by atoms with Crippen LogP contribution in [0.15, 0.2) is 22.7 Å². The van der Waals surface area contributed by atoms with Crippen molar-refractivity contribution in [3.05, 3.63) is 28.4 Å². The third kappa shape index (κ3) is 3.41. The number of terminal acetylenes is 1. The normalized spacial score (nSPS) is 9.95. The zero-order chi connectivity index (χ0) is 15.2. The minimum atomic E-state index is -0.523. The summed E-state index contributed by atoms with van der Waals surface area (Å²) in [7, 11) is 0. The SMILES string of the molecule is C#CCOc1ccc(-c2n[nH]nc2C(=O)OCC)cc1Br. The highest BCUT2D eigenvalue weighted by Gasteiger charge is 2.19. The van der Waals surface area contributed by atoms with Crippen LogP contribution >= 0.6 is 15.9 Å². The van der Waals surface area contributed by atoms with E-state index < -0.39 is 5.97 Å². The highest BCUT2D eigenvalue weighted by Crippen LogP contribution is 2.31. The van der Waals surface area contributed by atoms with Gasteiger partial charge in [0, 0.05) is 5.56 Å². The van der Waals surface area contributed by atoms with E-state index in [0.717, 1.165) is 0 Å². The quantitative estimate of drug-likeness (QED) is 0.662. The van der Waals surface area contributed by atoms with Crippen molar-refractivity contribution < 1.29 is 14.3 Å². The van der Waals surface area contributed by atoms with E-state index in [1.807, 2.05) is 0 Å². The topological polar surface area (TPSA) is 77.1 Å². The van der Waals surface area contributed by atoms with Gasteiger partial charge in [-0.1, -0.05) is 5.92 Å². The lowest BCUT2D eigenvalue weighted by Crippen LogP contribution is -2.06. The summed E-state index contributed by atoms with van der Waals surface area (Å²) in [4.78, 5) is 11.8. The number of rotatable bonds is 5. The number of benzene rings is 1. The molecule has 0 radical (unpaired) electrons. The van der Waals surface area contributed by atoms with Crippen LogP contribution in [-0.2, 0) is 4.74 Å². The Hall–Kier alpha value is -2.33. The summed E-state index contributed by atoms with van der Waals surface area (Å²) >= 11 is 3.39. The maximum absolute atomic E-state index is 11.8. The Kier molecular flexibility index (Phi) is 4.95. The Morgan fingerprint density at radius 2 is 2.29 bits per heavy atom. The van der Waals surface area contributed by atoms with Crippen molar-refractivity contribution in [3.63, 3.8) is 0 Å². The van der Waals surface area contributed by atoms with Crippen LogP contribution in [0.3, 0.4) is 0 Å². The molecule has 108 valence electrons. The summed E-state index contributed by atoms with van der Waals surface area (Å²) in [6, 6.07) is 5.27. The number of carbonyl (C=O) groups excluding carboxylic acids is 1. The van der Waals surface area contributed by atoms with Gasteiger partial charge in [0.25, 0.3) is 0 Å². The van der Waals surface area contributed by atoms with Gasteiger partial charge in [-0.05, 0) is 41.1 Å². The molecule has 0 bridgehead atoms. The Morgan fingerprint density at radius 1 is 1.48 bits per heavy atom. The minimum absolute atomic E-state index is 0.140. The monoisotopic (exact) mass is 349 g/mol. The molecule has 1 aromatic carbocycles. The molecule has 1 N–H and O–H groups in total. The Bertz CT molecular complexity index is 691. The number of nitrogens with zero attached hydrogens (tertiary/aromatic N) is 2. The highest BCUT2D eigenvalue weighted by molar-refractivity contribution is 9.10. The van der Waals surface area contributed by atoms with Crippen LogP contribution < -0.4 is 4.74 Å². The molecule has 0 saturated heterocycles. The average Bonchev–Trinajstić information content (AvgIpc) is 2.95. The molecule has 2 aromatic rings. The summed E-state index contributed by atoms with van der Waals surface area (Å²) in [6.07, 6.45) is 5.15. The number of halogens is 1. The molecule has 0 unspecified atom stereocenters. The Morgan fingerprint density at radius 3 is 2.95 bits per heavy atom. The molecular weight excluding hydrogens is 338 g/mol. The van der Waals surface area contributed by atoms with Gasteiger partial charge >= 0.3 is 5.97 Å². The third-order valence-electron chi connectivity index (χ3n) is 2.53. The summed E-state index contributed by atoms with van der Waals surface area (Å²) in [6.45, 7) is 2.18. The van der Waals surface area contributed by atoms with Gasteiger partial charge in [0.05, 0.1) is 11.1 Å². The van der Waals surface area contributed by atoms with Crippen molar-refractivity contribution in [2.45, 2.75) is 6.92 Å². The molecule has 0 aliphatic heterocycles.